The minimum Gasteiger partial charge on any atom is -0.481 e. The lowest BCUT2D eigenvalue weighted by Gasteiger charge is -2.26. The fraction of sp³-hybridized carbons (Fsp3) is 0.875. The highest BCUT2D eigenvalue weighted by atomic mass is 32.2. The van der Waals surface area contributed by atoms with Crippen LogP contribution in [0.5, 0.6) is 0 Å². The molecule has 1 N–H and O–H groups in total. The van der Waals surface area contributed by atoms with Crippen molar-refractivity contribution in [3.63, 3.8) is 0 Å². The van der Waals surface area contributed by atoms with E-state index in [1.807, 2.05) is 0 Å². The molecule has 0 heterocycles. The summed E-state index contributed by atoms with van der Waals surface area (Å²) in [4.78, 5) is 10.8. The summed E-state index contributed by atoms with van der Waals surface area (Å²) in [6, 6.07) is 0. The average molecular weight is 278 g/mol. The normalized spacial score (nSPS) is 15.6. The third-order valence-electron chi connectivity index (χ3n) is 2.02. The zero-order valence-corrected chi connectivity index (χ0v) is 10.2. The second-order valence-corrected chi connectivity index (χ2v) is 6.05. The van der Waals surface area contributed by atoms with E-state index in [-0.39, 0.29) is 0 Å². The fourth-order valence-electron chi connectivity index (χ4n) is 0.916. The molecule has 0 aliphatic heterocycles. The van der Waals surface area contributed by atoms with Crippen LogP contribution < -0.4 is 0 Å². The van der Waals surface area contributed by atoms with Gasteiger partial charge in [-0.25, -0.2) is 0 Å². The Kier molecular flexibility index (Phi) is 4.57. The Hall–Kier alpha value is -0.830. The number of carbonyl (C=O) groups is 1. The molecule has 1 atom stereocenters. The quantitative estimate of drug-likeness (QED) is 0.624. The van der Waals surface area contributed by atoms with Gasteiger partial charge < -0.3 is 5.11 Å². The first-order chi connectivity index (χ1) is 7.29. The van der Waals surface area contributed by atoms with Crippen molar-refractivity contribution in [3.05, 3.63) is 0 Å². The standard InChI is InChI=1S/C8H13F3O5S/c1-7(2,3)5(6(12)13)4-16-17(14,15)8(9,10)11/h5H,4H2,1-3H3,(H,12,13). The second-order valence-electron chi connectivity index (χ2n) is 4.44. The van der Waals surface area contributed by atoms with Crippen molar-refractivity contribution in [2.75, 3.05) is 6.61 Å². The van der Waals surface area contributed by atoms with Gasteiger partial charge in [0.25, 0.3) is 0 Å². The van der Waals surface area contributed by atoms with Crippen LogP contribution in [0, 0.1) is 11.3 Å². The Labute approximate surface area is 96.7 Å². The third-order valence-corrected chi connectivity index (χ3v) is 3.03. The van der Waals surface area contributed by atoms with Crippen molar-refractivity contribution >= 4 is 16.1 Å². The van der Waals surface area contributed by atoms with Gasteiger partial charge in [-0.1, -0.05) is 20.8 Å². The molecular weight excluding hydrogens is 265 g/mol. The molecule has 0 aliphatic rings. The van der Waals surface area contributed by atoms with Crippen LogP contribution in [-0.4, -0.2) is 31.6 Å². The van der Waals surface area contributed by atoms with Crippen molar-refractivity contribution in [1.29, 1.82) is 0 Å². The summed E-state index contributed by atoms with van der Waals surface area (Å²) in [5.41, 5.74) is -6.47. The van der Waals surface area contributed by atoms with Crippen LogP contribution in [-0.2, 0) is 19.1 Å². The molecule has 0 bridgehead atoms. The molecule has 0 aromatic rings. The van der Waals surface area contributed by atoms with Gasteiger partial charge in [0.15, 0.2) is 0 Å². The molecule has 0 rings (SSSR count). The first-order valence-corrected chi connectivity index (χ1v) is 5.88. The maximum Gasteiger partial charge on any atom is 0.523 e. The molecule has 9 heteroatoms. The van der Waals surface area contributed by atoms with Gasteiger partial charge in [-0.15, -0.1) is 0 Å². The van der Waals surface area contributed by atoms with Crippen LogP contribution in [0.3, 0.4) is 0 Å². The molecule has 0 aromatic heterocycles. The number of hydrogen-bond donors (Lipinski definition) is 1. The lowest BCUT2D eigenvalue weighted by atomic mass is 9.81. The van der Waals surface area contributed by atoms with E-state index in [0.29, 0.717) is 0 Å². The molecule has 5 nitrogen and oxygen atoms in total. The smallest absolute Gasteiger partial charge is 0.481 e. The van der Waals surface area contributed by atoms with E-state index in [1.54, 1.807) is 0 Å². The average Bonchev–Trinajstić information content (AvgIpc) is 1.97. The second kappa shape index (κ2) is 4.81. The zero-order chi connectivity index (χ0) is 14.1. The van der Waals surface area contributed by atoms with Crippen molar-refractivity contribution < 1.29 is 35.7 Å². The Balaban J connectivity index is 4.83. The fourth-order valence-corrected chi connectivity index (χ4v) is 1.37. The lowest BCUT2D eigenvalue weighted by Crippen LogP contribution is -2.35. The Morgan fingerprint density at radius 3 is 1.94 bits per heavy atom. The van der Waals surface area contributed by atoms with Gasteiger partial charge in [-0.3, -0.25) is 8.98 Å². The predicted molar refractivity (Wildman–Crippen MR) is 51.5 cm³/mol. The molecule has 0 spiro atoms. The van der Waals surface area contributed by atoms with E-state index < -0.39 is 39.5 Å². The van der Waals surface area contributed by atoms with Gasteiger partial charge in [0.05, 0.1) is 12.5 Å². The van der Waals surface area contributed by atoms with Gasteiger partial charge in [0, 0.05) is 0 Å². The number of carboxylic acid groups (broad SMARTS) is 1. The van der Waals surface area contributed by atoms with Gasteiger partial charge in [-0.2, -0.15) is 21.6 Å². The highest BCUT2D eigenvalue weighted by Crippen LogP contribution is 2.30. The van der Waals surface area contributed by atoms with E-state index >= 15 is 0 Å². The van der Waals surface area contributed by atoms with Crippen molar-refractivity contribution in [1.82, 2.24) is 0 Å². The Morgan fingerprint density at radius 2 is 1.71 bits per heavy atom. The summed E-state index contributed by atoms with van der Waals surface area (Å²) in [5, 5.41) is 8.75. The summed E-state index contributed by atoms with van der Waals surface area (Å²) in [6.45, 7) is 3.31. The number of alkyl halides is 3. The molecule has 0 aliphatic carbocycles. The maximum atomic E-state index is 11.9. The predicted octanol–water partition coefficient (Wildman–Crippen LogP) is 1.60. The first kappa shape index (κ1) is 16.2. The molecule has 0 fully saturated rings. The summed E-state index contributed by atoms with van der Waals surface area (Å²) in [6.07, 6.45) is 0. The van der Waals surface area contributed by atoms with Crippen molar-refractivity contribution in [2.45, 2.75) is 26.3 Å². The monoisotopic (exact) mass is 278 g/mol. The van der Waals surface area contributed by atoms with Gasteiger partial charge >= 0.3 is 21.6 Å². The van der Waals surface area contributed by atoms with E-state index in [9.17, 15) is 26.4 Å². The SMILES string of the molecule is CC(C)(C)C(COS(=O)(=O)C(F)(F)F)C(=O)O. The van der Waals surface area contributed by atoms with E-state index in [1.165, 1.54) is 20.8 Å². The third kappa shape index (κ3) is 4.50. The van der Waals surface area contributed by atoms with Crippen LogP contribution >= 0.6 is 0 Å². The molecule has 0 saturated heterocycles. The van der Waals surface area contributed by atoms with E-state index in [0.717, 1.165) is 0 Å². The number of aliphatic carboxylic acids is 1. The molecule has 0 radical (unpaired) electrons. The molecule has 0 amide bonds. The van der Waals surface area contributed by atoms with Crippen LogP contribution in [0.1, 0.15) is 20.8 Å². The molecular formula is C8H13F3O5S. The largest absolute Gasteiger partial charge is 0.523 e. The highest BCUT2D eigenvalue weighted by Gasteiger charge is 2.48. The van der Waals surface area contributed by atoms with Gasteiger partial charge in [-0.05, 0) is 5.41 Å². The van der Waals surface area contributed by atoms with Crippen LogP contribution in [0.15, 0.2) is 0 Å². The summed E-state index contributed by atoms with van der Waals surface area (Å²) in [7, 11) is -5.75. The first-order valence-electron chi connectivity index (χ1n) is 4.47. The molecule has 0 aromatic carbocycles. The van der Waals surface area contributed by atoms with Gasteiger partial charge in [0.2, 0.25) is 0 Å². The summed E-state index contributed by atoms with van der Waals surface area (Å²) < 4.78 is 60.6. The zero-order valence-electron chi connectivity index (χ0n) is 9.41. The number of carboxylic acids is 1. The number of halogens is 3. The molecule has 102 valence electrons. The number of rotatable bonds is 4. The van der Waals surface area contributed by atoms with E-state index in [4.69, 9.17) is 5.11 Å². The molecule has 0 saturated carbocycles. The van der Waals surface area contributed by atoms with Crippen LogP contribution in [0.4, 0.5) is 13.2 Å². The maximum absolute atomic E-state index is 11.9. The lowest BCUT2D eigenvalue weighted by molar-refractivity contribution is -0.147. The highest BCUT2D eigenvalue weighted by molar-refractivity contribution is 7.87. The van der Waals surface area contributed by atoms with E-state index in [2.05, 4.69) is 4.18 Å². The van der Waals surface area contributed by atoms with Crippen molar-refractivity contribution in [2.24, 2.45) is 11.3 Å². The Morgan fingerprint density at radius 1 is 1.29 bits per heavy atom. The minimum atomic E-state index is -5.75. The minimum absolute atomic E-state index is 0.924. The van der Waals surface area contributed by atoms with Crippen LogP contribution in [0.2, 0.25) is 0 Å². The number of hydrogen-bond acceptors (Lipinski definition) is 4. The molecule has 17 heavy (non-hydrogen) atoms. The topological polar surface area (TPSA) is 80.7 Å². The summed E-state index contributed by atoms with van der Waals surface area (Å²) >= 11 is 0. The summed E-state index contributed by atoms with van der Waals surface area (Å²) in [5.74, 6) is -2.78. The van der Waals surface area contributed by atoms with Gasteiger partial charge in [0.1, 0.15) is 0 Å². The molecule has 1 unspecified atom stereocenters. The van der Waals surface area contributed by atoms with Crippen LogP contribution in [0.25, 0.3) is 0 Å². The Bertz CT molecular complexity index is 379. The van der Waals surface area contributed by atoms with Crippen molar-refractivity contribution in [3.8, 4) is 0 Å².